The van der Waals surface area contributed by atoms with E-state index in [1.165, 1.54) is 12.3 Å². The van der Waals surface area contributed by atoms with Crippen LogP contribution in [0, 0.1) is 15.9 Å². The molecule has 2 rings (SSSR count). The molecule has 1 aromatic heterocycles. The molecule has 0 spiro atoms. The summed E-state index contributed by atoms with van der Waals surface area (Å²) in [4.78, 5) is 18.3. The maximum atomic E-state index is 13.1. The van der Waals surface area contributed by atoms with Gasteiger partial charge < -0.3 is 10.1 Å². The number of halogens is 2. The maximum absolute atomic E-state index is 13.1. The zero-order valence-electron chi connectivity index (χ0n) is 10.8. The molecule has 0 saturated carbocycles. The molecule has 0 atom stereocenters. The molecule has 9 heteroatoms. The van der Waals surface area contributed by atoms with E-state index in [4.69, 9.17) is 4.74 Å². The molecule has 1 heterocycles. The fraction of sp³-hybridized carbons (Fsp3) is 0.167. The number of aromatic nitrogens is 2. The number of rotatable bonds is 5. The second kappa shape index (κ2) is 6.44. The fourth-order valence-corrected chi connectivity index (χ4v) is 1.76. The molecule has 0 radical (unpaired) electrons. The number of hydrogen-bond acceptors (Lipinski definition) is 6. The summed E-state index contributed by atoms with van der Waals surface area (Å²) in [5.41, 5.74) is -0.481. The molecule has 7 nitrogen and oxygen atoms in total. The van der Waals surface area contributed by atoms with Crippen LogP contribution in [-0.2, 0) is 0 Å². The quantitative estimate of drug-likeness (QED) is 0.651. The summed E-state index contributed by atoms with van der Waals surface area (Å²) in [7, 11) is 0. The fourth-order valence-electron chi connectivity index (χ4n) is 1.49. The van der Waals surface area contributed by atoms with Crippen LogP contribution < -0.4 is 10.1 Å². The van der Waals surface area contributed by atoms with Crippen LogP contribution in [0.5, 0.6) is 11.6 Å². The van der Waals surface area contributed by atoms with Gasteiger partial charge in [-0.2, -0.15) is 4.98 Å². The molecule has 0 amide bonds. The summed E-state index contributed by atoms with van der Waals surface area (Å²) in [6.45, 7) is 2.48. The number of nitrogens with one attached hydrogen (secondary N) is 1. The number of nitro groups is 1. The number of anilines is 1. The largest absolute Gasteiger partial charge is 0.430 e. The van der Waals surface area contributed by atoms with Crippen LogP contribution >= 0.6 is 15.9 Å². The third-order valence-electron chi connectivity index (χ3n) is 2.37. The summed E-state index contributed by atoms with van der Waals surface area (Å²) in [5.74, 6) is -0.413. The molecule has 2 aromatic rings. The number of hydrogen-bond donors (Lipinski definition) is 1. The van der Waals surface area contributed by atoms with Crippen molar-refractivity contribution in [3.8, 4) is 11.6 Å². The third-order valence-corrected chi connectivity index (χ3v) is 2.92. The second-order valence-electron chi connectivity index (χ2n) is 3.85. The minimum atomic E-state index is -0.723. The van der Waals surface area contributed by atoms with Crippen LogP contribution in [0.15, 0.2) is 28.9 Å². The van der Waals surface area contributed by atoms with Gasteiger partial charge in [-0.3, -0.25) is 10.1 Å². The van der Waals surface area contributed by atoms with Gasteiger partial charge in [-0.05, 0) is 35.0 Å². The molecule has 21 heavy (non-hydrogen) atoms. The van der Waals surface area contributed by atoms with Crippen molar-refractivity contribution in [2.24, 2.45) is 0 Å². The highest BCUT2D eigenvalue weighted by Crippen LogP contribution is 2.34. The molecule has 0 bridgehead atoms. The Labute approximate surface area is 127 Å². The number of nitro benzene ring substituents is 1. The normalized spacial score (nSPS) is 10.2. The first-order valence-corrected chi connectivity index (χ1v) is 6.68. The number of ether oxygens (including phenoxy) is 1. The number of benzene rings is 1. The Bertz CT molecular complexity index is 684. The Morgan fingerprint density at radius 1 is 1.52 bits per heavy atom. The lowest BCUT2D eigenvalue weighted by molar-refractivity contribution is -0.385. The van der Waals surface area contributed by atoms with Crippen molar-refractivity contribution in [1.82, 2.24) is 9.97 Å². The maximum Gasteiger partial charge on any atom is 0.314 e. The highest BCUT2D eigenvalue weighted by molar-refractivity contribution is 9.10. The number of nitrogens with zero attached hydrogens (tertiary/aromatic N) is 3. The van der Waals surface area contributed by atoms with Gasteiger partial charge in [0, 0.05) is 6.54 Å². The third kappa shape index (κ3) is 3.63. The van der Waals surface area contributed by atoms with Gasteiger partial charge in [0.25, 0.3) is 0 Å². The first kappa shape index (κ1) is 15.1. The van der Waals surface area contributed by atoms with E-state index in [2.05, 4.69) is 31.2 Å². The molecule has 0 saturated heterocycles. The average Bonchev–Trinajstić information content (AvgIpc) is 2.44. The zero-order valence-corrected chi connectivity index (χ0v) is 12.4. The van der Waals surface area contributed by atoms with E-state index in [-0.39, 0.29) is 11.6 Å². The lowest BCUT2D eigenvalue weighted by Crippen LogP contribution is -2.03. The molecule has 0 aliphatic carbocycles. The van der Waals surface area contributed by atoms with Crippen molar-refractivity contribution >= 4 is 27.6 Å². The van der Waals surface area contributed by atoms with E-state index < -0.39 is 16.4 Å². The lowest BCUT2D eigenvalue weighted by atomic mass is 10.3. The zero-order chi connectivity index (χ0) is 15.4. The van der Waals surface area contributed by atoms with Crippen LogP contribution in [0.3, 0.4) is 0 Å². The van der Waals surface area contributed by atoms with E-state index >= 15 is 0 Å². The van der Waals surface area contributed by atoms with Crippen molar-refractivity contribution < 1.29 is 14.1 Å². The van der Waals surface area contributed by atoms with Crippen LogP contribution in [0.1, 0.15) is 6.92 Å². The van der Waals surface area contributed by atoms with Crippen molar-refractivity contribution in [1.29, 1.82) is 0 Å². The Hall–Kier alpha value is -2.29. The van der Waals surface area contributed by atoms with Gasteiger partial charge in [-0.15, -0.1) is 0 Å². The SMILES string of the molecule is CCNc1ncc(Br)c(Oc2ccc(F)cc2[N+](=O)[O-])n1. The van der Waals surface area contributed by atoms with Crippen molar-refractivity contribution in [3.63, 3.8) is 0 Å². The van der Waals surface area contributed by atoms with Gasteiger partial charge in [-0.1, -0.05) is 0 Å². The molecule has 1 N–H and O–H groups in total. The lowest BCUT2D eigenvalue weighted by Gasteiger charge is -2.08. The summed E-state index contributed by atoms with van der Waals surface area (Å²) in [6, 6.07) is 3.03. The Kier molecular flexibility index (Phi) is 4.63. The standard InChI is InChI=1S/C12H10BrFN4O3/c1-2-15-12-16-6-8(13)11(17-12)21-10-4-3-7(14)5-9(10)18(19)20/h3-6H,2H2,1H3,(H,15,16,17). The van der Waals surface area contributed by atoms with Crippen molar-refractivity contribution in [2.75, 3.05) is 11.9 Å². The van der Waals surface area contributed by atoms with E-state index in [1.807, 2.05) is 6.92 Å². The first-order valence-electron chi connectivity index (χ1n) is 5.89. The summed E-state index contributed by atoms with van der Waals surface area (Å²) in [6.07, 6.45) is 1.45. The molecular weight excluding hydrogens is 347 g/mol. The van der Waals surface area contributed by atoms with Crippen LogP contribution in [0.2, 0.25) is 0 Å². The molecule has 1 aromatic carbocycles. The molecule has 0 fully saturated rings. The summed E-state index contributed by atoms with van der Waals surface area (Å²) in [5, 5.41) is 13.8. The van der Waals surface area contributed by atoms with Gasteiger partial charge >= 0.3 is 5.69 Å². The average molecular weight is 357 g/mol. The topological polar surface area (TPSA) is 90.2 Å². The van der Waals surface area contributed by atoms with E-state index in [1.54, 1.807) is 0 Å². The van der Waals surface area contributed by atoms with Crippen molar-refractivity contribution in [2.45, 2.75) is 6.92 Å². The highest BCUT2D eigenvalue weighted by atomic mass is 79.9. The first-order chi connectivity index (χ1) is 10.0. The monoisotopic (exact) mass is 356 g/mol. The smallest absolute Gasteiger partial charge is 0.314 e. The van der Waals surface area contributed by atoms with Gasteiger partial charge in [0.1, 0.15) is 5.82 Å². The molecule has 0 aliphatic rings. The van der Waals surface area contributed by atoms with Crippen molar-refractivity contribution in [3.05, 3.63) is 44.8 Å². The van der Waals surface area contributed by atoms with Gasteiger partial charge in [0.05, 0.1) is 21.7 Å². The Balaban J connectivity index is 2.38. The van der Waals surface area contributed by atoms with Gasteiger partial charge in [0.2, 0.25) is 17.6 Å². The molecule has 110 valence electrons. The van der Waals surface area contributed by atoms with E-state index in [0.717, 1.165) is 12.1 Å². The van der Waals surface area contributed by atoms with E-state index in [0.29, 0.717) is 17.0 Å². The second-order valence-corrected chi connectivity index (χ2v) is 4.70. The van der Waals surface area contributed by atoms with E-state index in [9.17, 15) is 14.5 Å². The minimum absolute atomic E-state index is 0.0932. The Morgan fingerprint density at radius 3 is 2.95 bits per heavy atom. The van der Waals surface area contributed by atoms with Gasteiger partial charge in [-0.25, -0.2) is 9.37 Å². The minimum Gasteiger partial charge on any atom is -0.430 e. The van der Waals surface area contributed by atoms with Crippen LogP contribution in [0.25, 0.3) is 0 Å². The predicted molar refractivity (Wildman–Crippen MR) is 77.0 cm³/mol. The summed E-state index contributed by atoms with van der Waals surface area (Å²) >= 11 is 3.19. The Morgan fingerprint density at radius 2 is 2.29 bits per heavy atom. The van der Waals surface area contributed by atoms with Crippen LogP contribution in [-0.4, -0.2) is 21.4 Å². The van der Waals surface area contributed by atoms with Crippen LogP contribution in [0.4, 0.5) is 16.0 Å². The summed E-state index contributed by atoms with van der Waals surface area (Å²) < 4.78 is 18.9. The molecule has 0 unspecified atom stereocenters. The molecular formula is C12H10BrFN4O3. The molecule has 0 aliphatic heterocycles. The highest BCUT2D eigenvalue weighted by Gasteiger charge is 2.19. The van der Waals surface area contributed by atoms with Gasteiger partial charge in [0.15, 0.2) is 0 Å². The predicted octanol–water partition coefficient (Wildman–Crippen LogP) is 3.51.